The van der Waals surface area contributed by atoms with E-state index >= 15 is 0 Å². The van der Waals surface area contributed by atoms with Crippen LogP contribution in [0.1, 0.15) is 57.1 Å². The third kappa shape index (κ3) is 4.93. The molecule has 3 heterocycles. The Kier molecular flexibility index (Phi) is 6.80. The number of nitriles is 1. The van der Waals surface area contributed by atoms with Crippen LogP contribution in [-0.2, 0) is 9.53 Å². The van der Waals surface area contributed by atoms with Crippen molar-refractivity contribution < 1.29 is 9.53 Å². The van der Waals surface area contributed by atoms with Crippen LogP contribution in [0.4, 0.5) is 5.82 Å². The van der Waals surface area contributed by atoms with Crippen LogP contribution in [0.5, 0.6) is 0 Å². The topological polar surface area (TPSA) is 99.7 Å². The molecule has 1 N–H and O–H groups in total. The van der Waals surface area contributed by atoms with E-state index in [1.807, 2.05) is 37.8 Å². The van der Waals surface area contributed by atoms with Gasteiger partial charge in [-0.25, -0.2) is 4.98 Å². The number of aryl methyl sites for hydroxylation is 1. The van der Waals surface area contributed by atoms with E-state index in [1.165, 1.54) is 16.9 Å². The van der Waals surface area contributed by atoms with Gasteiger partial charge < -0.3 is 15.0 Å². The lowest BCUT2D eigenvalue weighted by molar-refractivity contribution is -0.117. The first kappa shape index (κ1) is 23.0. The minimum Gasteiger partial charge on any atom is -0.372 e. The van der Waals surface area contributed by atoms with Crippen LogP contribution in [0.3, 0.4) is 0 Å². The molecule has 1 aliphatic carbocycles. The molecule has 2 unspecified atom stereocenters. The first-order valence-electron chi connectivity index (χ1n) is 11.7. The normalized spacial score (nSPS) is 22.2. The number of hydrogen-bond donors (Lipinski definition) is 1. The monoisotopic (exact) mass is 449 g/mol. The van der Waals surface area contributed by atoms with E-state index in [0.29, 0.717) is 24.6 Å². The van der Waals surface area contributed by atoms with Crippen LogP contribution in [-0.4, -0.2) is 46.6 Å². The van der Waals surface area contributed by atoms with E-state index in [1.54, 1.807) is 12.3 Å². The molecule has 2 atom stereocenters. The maximum atomic E-state index is 13.6. The van der Waals surface area contributed by atoms with E-state index in [2.05, 4.69) is 5.32 Å². The molecule has 8 nitrogen and oxygen atoms in total. The Morgan fingerprint density at radius 3 is 2.61 bits per heavy atom. The van der Waals surface area contributed by atoms with Gasteiger partial charge in [0.1, 0.15) is 23.1 Å². The predicted molar refractivity (Wildman–Crippen MR) is 127 cm³/mol. The number of pyridine rings is 1. The number of nitrogens with one attached hydrogen (secondary N) is 1. The first-order chi connectivity index (χ1) is 15.9. The summed E-state index contributed by atoms with van der Waals surface area (Å²) in [5.41, 5.74) is 1.30. The Balaban J connectivity index is 1.80. The number of anilines is 1. The van der Waals surface area contributed by atoms with Crippen LogP contribution >= 0.6 is 0 Å². The highest BCUT2D eigenvalue weighted by Gasteiger charge is 2.27. The maximum Gasteiger partial charge on any atom is 0.267 e. The van der Waals surface area contributed by atoms with Crippen LogP contribution in [0, 0.1) is 18.3 Å². The number of nitrogens with zero attached hydrogens (tertiary/aromatic N) is 4. The lowest BCUT2D eigenvalue weighted by Gasteiger charge is -2.36. The summed E-state index contributed by atoms with van der Waals surface area (Å²) >= 11 is 0. The van der Waals surface area contributed by atoms with Gasteiger partial charge in [-0.05, 0) is 51.3 Å². The second-order valence-electron chi connectivity index (χ2n) is 9.18. The van der Waals surface area contributed by atoms with Gasteiger partial charge >= 0.3 is 0 Å². The van der Waals surface area contributed by atoms with Crippen molar-refractivity contribution in [1.82, 2.24) is 14.7 Å². The van der Waals surface area contributed by atoms with Crippen LogP contribution in [0.25, 0.3) is 11.7 Å². The molecule has 0 bridgehead atoms. The van der Waals surface area contributed by atoms with E-state index in [9.17, 15) is 14.9 Å². The molecule has 2 aromatic rings. The molecule has 2 fully saturated rings. The average molecular weight is 450 g/mol. The van der Waals surface area contributed by atoms with Gasteiger partial charge in [0.25, 0.3) is 11.5 Å². The molecule has 0 radical (unpaired) electrons. The second kappa shape index (κ2) is 9.75. The molecular formula is C25H31N5O3. The third-order valence-electron chi connectivity index (χ3n) is 6.38. The summed E-state index contributed by atoms with van der Waals surface area (Å²) in [6.45, 7) is 7.00. The van der Waals surface area contributed by atoms with Crippen molar-refractivity contribution in [2.24, 2.45) is 0 Å². The van der Waals surface area contributed by atoms with Crippen molar-refractivity contribution in [3.8, 4) is 6.07 Å². The lowest BCUT2D eigenvalue weighted by atomic mass is 9.95. The number of rotatable bonds is 4. The van der Waals surface area contributed by atoms with Gasteiger partial charge in [0, 0.05) is 25.3 Å². The van der Waals surface area contributed by atoms with E-state index < -0.39 is 5.91 Å². The highest BCUT2D eigenvalue weighted by atomic mass is 16.5. The van der Waals surface area contributed by atoms with E-state index in [4.69, 9.17) is 9.72 Å². The molecule has 1 aliphatic heterocycles. The number of carbonyl (C=O) groups is 1. The van der Waals surface area contributed by atoms with E-state index in [0.717, 1.165) is 31.2 Å². The van der Waals surface area contributed by atoms with Crippen molar-refractivity contribution in [1.29, 1.82) is 5.26 Å². The Bertz CT molecular complexity index is 1160. The number of ether oxygens (including phenoxy) is 1. The van der Waals surface area contributed by atoms with Gasteiger partial charge in [0.05, 0.1) is 17.8 Å². The standard InChI is InChI=1S/C25H31N5O3/c1-16-8-7-11-30-22(16)28-23(29-14-17(2)33-18(3)15-29)21(25(30)32)12-19(13-26)24(31)27-20-9-5-4-6-10-20/h7-8,11-12,17-18,20H,4-6,9-10,14-15H2,1-3H3,(H,27,31)/b19-12+. The summed E-state index contributed by atoms with van der Waals surface area (Å²) in [6.07, 6.45) is 8.15. The van der Waals surface area contributed by atoms with Crippen molar-refractivity contribution in [3.05, 3.63) is 45.4 Å². The summed E-state index contributed by atoms with van der Waals surface area (Å²) in [6, 6.07) is 5.77. The molecule has 2 aliphatic rings. The largest absolute Gasteiger partial charge is 0.372 e. The number of hydrogen-bond acceptors (Lipinski definition) is 6. The summed E-state index contributed by atoms with van der Waals surface area (Å²) in [5.74, 6) is 0.0438. The molecule has 1 saturated heterocycles. The van der Waals surface area contributed by atoms with Crippen molar-refractivity contribution in [2.75, 3.05) is 18.0 Å². The van der Waals surface area contributed by atoms with Crippen molar-refractivity contribution in [2.45, 2.75) is 71.1 Å². The second-order valence-corrected chi connectivity index (χ2v) is 9.18. The fourth-order valence-corrected chi connectivity index (χ4v) is 4.82. The molecule has 4 rings (SSSR count). The van der Waals surface area contributed by atoms with Gasteiger partial charge in [0.15, 0.2) is 0 Å². The Morgan fingerprint density at radius 1 is 1.24 bits per heavy atom. The fourth-order valence-electron chi connectivity index (χ4n) is 4.82. The average Bonchev–Trinajstić information content (AvgIpc) is 2.79. The Morgan fingerprint density at radius 2 is 1.94 bits per heavy atom. The molecule has 0 aromatic carbocycles. The SMILES string of the molecule is Cc1cccn2c(=O)c(/C=C(\C#N)C(=O)NC3CCCCC3)c(N3CC(C)OC(C)C3)nc12. The lowest BCUT2D eigenvalue weighted by Crippen LogP contribution is -2.46. The zero-order valence-electron chi connectivity index (χ0n) is 19.5. The van der Waals surface area contributed by atoms with Crippen molar-refractivity contribution in [3.63, 3.8) is 0 Å². The molecule has 1 amide bonds. The van der Waals surface area contributed by atoms with Gasteiger partial charge in [0.2, 0.25) is 0 Å². The van der Waals surface area contributed by atoms with E-state index in [-0.39, 0.29) is 34.9 Å². The third-order valence-corrected chi connectivity index (χ3v) is 6.38. The molecule has 174 valence electrons. The number of fused-ring (bicyclic) bond motifs is 1. The maximum absolute atomic E-state index is 13.6. The molecule has 33 heavy (non-hydrogen) atoms. The van der Waals surface area contributed by atoms with Crippen LogP contribution in [0.15, 0.2) is 28.7 Å². The fraction of sp³-hybridized carbons (Fsp3) is 0.520. The summed E-state index contributed by atoms with van der Waals surface area (Å²) < 4.78 is 7.34. The molecule has 0 spiro atoms. The summed E-state index contributed by atoms with van der Waals surface area (Å²) in [4.78, 5) is 33.3. The van der Waals surface area contributed by atoms with Gasteiger partial charge in [-0.3, -0.25) is 14.0 Å². The molecular weight excluding hydrogens is 418 g/mol. The highest BCUT2D eigenvalue weighted by Crippen LogP contribution is 2.24. The van der Waals surface area contributed by atoms with Crippen LogP contribution in [0.2, 0.25) is 0 Å². The minimum absolute atomic E-state index is 0.0345. The van der Waals surface area contributed by atoms with Gasteiger partial charge in [-0.2, -0.15) is 5.26 Å². The number of aromatic nitrogens is 2. The predicted octanol–water partition coefficient (Wildman–Crippen LogP) is 2.97. The number of amides is 1. The number of carbonyl (C=O) groups excluding carboxylic acids is 1. The highest BCUT2D eigenvalue weighted by molar-refractivity contribution is 6.02. The van der Waals surface area contributed by atoms with Crippen molar-refractivity contribution >= 4 is 23.4 Å². The minimum atomic E-state index is -0.437. The van der Waals surface area contributed by atoms with Gasteiger partial charge in [-0.1, -0.05) is 25.3 Å². The Labute approximate surface area is 193 Å². The summed E-state index contributed by atoms with van der Waals surface area (Å²) in [7, 11) is 0. The molecule has 2 aromatic heterocycles. The smallest absolute Gasteiger partial charge is 0.267 e. The zero-order chi connectivity index (χ0) is 23.5. The molecule has 8 heteroatoms. The van der Waals surface area contributed by atoms with Crippen LogP contribution < -0.4 is 15.8 Å². The van der Waals surface area contributed by atoms with Gasteiger partial charge in [-0.15, -0.1) is 0 Å². The zero-order valence-corrected chi connectivity index (χ0v) is 19.5. The quantitative estimate of drug-likeness (QED) is 0.569. The first-order valence-corrected chi connectivity index (χ1v) is 11.7. The number of morpholine rings is 1. The Hall–Kier alpha value is -3.18. The summed E-state index contributed by atoms with van der Waals surface area (Å²) in [5, 5.41) is 12.8. The molecule has 1 saturated carbocycles.